The van der Waals surface area contributed by atoms with Crippen molar-refractivity contribution in [1.82, 2.24) is 10.2 Å². The van der Waals surface area contributed by atoms with Crippen LogP contribution in [0.4, 0.5) is 0 Å². The van der Waals surface area contributed by atoms with Gasteiger partial charge in [-0.25, -0.2) is 0 Å². The Labute approximate surface area is 138 Å². The standard InChI is InChI=1S/C18H16N2O4/c21-15(22)10-19-17(23)16-13-8-4-5-9-14(13)18(24)20(16)11-12-6-2-1-3-7-12/h1-9,16H,10-11H2,(H,19,23)(H,21,22)/t16-/m0/s1. The highest BCUT2D eigenvalue weighted by molar-refractivity contribution is 6.04. The Morgan fingerprint density at radius 1 is 1.04 bits per heavy atom. The number of nitrogens with zero attached hydrogens (tertiary/aromatic N) is 1. The van der Waals surface area contributed by atoms with Crippen LogP contribution < -0.4 is 5.32 Å². The van der Waals surface area contributed by atoms with Crippen molar-refractivity contribution in [1.29, 1.82) is 0 Å². The van der Waals surface area contributed by atoms with Crippen molar-refractivity contribution in [2.45, 2.75) is 12.6 Å². The fourth-order valence-corrected chi connectivity index (χ4v) is 2.86. The van der Waals surface area contributed by atoms with Crippen LogP contribution in [-0.4, -0.2) is 34.3 Å². The molecule has 0 unspecified atom stereocenters. The summed E-state index contributed by atoms with van der Waals surface area (Å²) in [7, 11) is 0. The van der Waals surface area contributed by atoms with Crippen LogP contribution in [0.2, 0.25) is 0 Å². The summed E-state index contributed by atoms with van der Waals surface area (Å²) in [5, 5.41) is 11.1. The first kappa shape index (κ1) is 15.7. The van der Waals surface area contributed by atoms with Crippen LogP contribution in [0.5, 0.6) is 0 Å². The molecule has 2 aromatic rings. The maximum Gasteiger partial charge on any atom is 0.322 e. The largest absolute Gasteiger partial charge is 0.480 e. The highest BCUT2D eigenvalue weighted by atomic mass is 16.4. The number of carbonyl (C=O) groups is 3. The van der Waals surface area contributed by atoms with Crippen LogP contribution in [0.25, 0.3) is 0 Å². The average molecular weight is 324 g/mol. The van der Waals surface area contributed by atoms with Gasteiger partial charge in [-0.05, 0) is 17.2 Å². The van der Waals surface area contributed by atoms with Gasteiger partial charge in [0.15, 0.2) is 0 Å². The van der Waals surface area contributed by atoms with Crippen LogP contribution >= 0.6 is 0 Å². The fourth-order valence-electron chi connectivity index (χ4n) is 2.86. The van der Waals surface area contributed by atoms with E-state index in [-0.39, 0.29) is 12.5 Å². The molecule has 0 saturated heterocycles. The van der Waals surface area contributed by atoms with Gasteiger partial charge in [0.2, 0.25) is 5.91 Å². The third-order valence-electron chi connectivity index (χ3n) is 3.92. The second kappa shape index (κ2) is 6.54. The van der Waals surface area contributed by atoms with E-state index < -0.39 is 24.5 Å². The molecule has 1 aliphatic heterocycles. The van der Waals surface area contributed by atoms with Crippen LogP contribution in [0, 0.1) is 0 Å². The molecule has 6 heteroatoms. The van der Waals surface area contributed by atoms with E-state index in [1.54, 1.807) is 24.3 Å². The fraction of sp³-hybridized carbons (Fsp3) is 0.167. The SMILES string of the molecule is O=C(O)CNC(=O)[C@@H]1c2ccccc2C(=O)N1Cc1ccccc1. The number of fused-ring (bicyclic) bond motifs is 1. The molecular weight excluding hydrogens is 308 g/mol. The number of carboxylic acid groups (broad SMARTS) is 1. The summed E-state index contributed by atoms with van der Waals surface area (Å²) in [5.74, 6) is -1.85. The van der Waals surface area contributed by atoms with Crippen molar-refractivity contribution in [3.63, 3.8) is 0 Å². The summed E-state index contributed by atoms with van der Waals surface area (Å²) in [5.41, 5.74) is 1.97. The molecule has 3 rings (SSSR count). The molecule has 2 amide bonds. The maximum atomic E-state index is 12.7. The van der Waals surface area contributed by atoms with Crippen molar-refractivity contribution in [2.75, 3.05) is 6.54 Å². The zero-order chi connectivity index (χ0) is 17.1. The van der Waals surface area contributed by atoms with E-state index in [0.717, 1.165) is 5.56 Å². The van der Waals surface area contributed by atoms with Gasteiger partial charge in [0.05, 0.1) is 0 Å². The number of hydrogen-bond acceptors (Lipinski definition) is 3. The van der Waals surface area contributed by atoms with E-state index in [0.29, 0.717) is 11.1 Å². The minimum atomic E-state index is -1.13. The first-order valence-electron chi connectivity index (χ1n) is 7.51. The lowest BCUT2D eigenvalue weighted by Gasteiger charge is -2.24. The predicted molar refractivity (Wildman–Crippen MR) is 86.1 cm³/mol. The Morgan fingerprint density at radius 3 is 2.42 bits per heavy atom. The smallest absolute Gasteiger partial charge is 0.322 e. The molecule has 2 N–H and O–H groups in total. The summed E-state index contributed by atoms with van der Waals surface area (Å²) >= 11 is 0. The lowest BCUT2D eigenvalue weighted by molar-refractivity contribution is -0.138. The normalized spacial score (nSPS) is 15.9. The van der Waals surface area contributed by atoms with Gasteiger partial charge in [-0.2, -0.15) is 0 Å². The Bertz CT molecular complexity index is 789. The van der Waals surface area contributed by atoms with E-state index in [4.69, 9.17) is 5.11 Å². The molecule has 0 aliphatic carbocycles. The average Bonchev–Trinajstić information content (AvgIpc) is 2.86. The van der Waals surface area contributed by atoms with Crippen LogP contribution in [-0.2, 0) is 16.1 Å². The number of benzene rings is 2. The minimum Gasteiger partial charge on any atom is -0.480 e. The van der Waals surface area contributed by atoms with Crippen LogP contribution in [0.15, 0.2) is 54.6 Å². The molecule has 0 radical (unpaired) electrons. The van der Waals surface area contributed by atoms with E-state index in [9.17, 15) is 14.4 Å². The Hall–Kier alpha value is -3.15. The second-order valence-corrected chi connectivity index (χ2v) is 5.52. The van der Waals surface area contributed by atoms with Gasteiger partial charge in [-0.3, -0.25) is 14.4 Å². The Kier molecular flexibility index (Phi) is 4.29. The van der Waals surface area contributed by atoms with Crippen LogP contribution in [0.1, 0.15) is 27.5 Å². The molecule has 122 valence electrons. The van der Waals surface area contributed by atoms with E-state index in [2.05, 4.69) is 5.32 Å². The Balaban J connectivity index is 1.92. The molecule has 24 heavy (non-hydrogen) atoms. The molecule has 1 heterocycles. The first-order chi connectivity index (χ1) is 11.6. The summed E-state index contributed by atoms with van der Waals surface area (Å²) in [6.45, 7) is -0.204. The monoisotopic (exact) mass is 324 g/mol. The predicted octanol–water partition coefficient (Wildman–Crippen LogP) is 1.58. The molecule has 0 saturated carbocycles. The molecule has 1 aliphatic rings. The number of carboxylic acids is 1. The summed E-state index contributed by atoms with van der Waals surface area (Å²) in [6.07, 6.45) is 0. The van der Waals surface area contributed by atoms with Gasteiger partial charge in [-0.1, -0.05) is 48.5 Å². The highest BCUT2D eigenvalue weighted by Gasteiger charge is 2.40. The van der Waals surface area contributed by atoms with Gasteiger partial charge < -0.3 is 15.3 Å². The number of aliphatic carboxylic acids is 1. The van der Waals surface area contributed by atoms with Crippen LogP contribution in [0.3, 0.4) is 0 Å². The molecule has 0 fully saturated rings. The number of amides is 2. The van der Waals surface area contributed by atoms with Crippen molar-refractivity contribution in [3.8, 4) is 0 Å². The summed E-state index contributed by atoms with van der Waals surface area (Å²) in [6, 6.07) is 15.4. The van der Waals surface area contributed by atoms with E-state index in [1.807, 2.05) is 30.3 Å². The first-order valence-corrected chi connectivity index (χ1v) is 7.51. The third kappa shape index (κ3) is 2.99. The third-order valence-corrected chi connectivity index (χ3v) is 3.92. The second-order valence-electron chi connectivity index (χ2n) is 5.52. The number of hydrogen-bond donors (Lipinski definition) is 2. The topological polar surface area (TPSA) is 86.7 Å². The maximum absolute atomic E-state index is 12.7. The molecule has 6 nitrogen and oxygen atoms in total. The lowest BCUT2D eigenvalue weighted by atomic mass is 10.0. The van der Waals surface area contributed by atoms with E-state index in [1.165, 1.54) is 4.90 Å². The van der Waals surface area contributed by atoms with Gasteiger partial charge in [0, 0.05) is 12.1 Å². The summed E-state index contributed by atoms with van der Waals surface area (Å²) in [4.78, 5) is 37.3. The number of carbonyl (C=O) groups excluding carboxylic acids is 2. The highest BCUT2D eigenvalue weighted by Crippen LogP contribution is 2.34. The van der Waals surface area contributed by atoms with Gasteiger partial charge in [0.25, 0.3) is 5.91 Å². The zero-order valence-corrected chi connectivity index (χ0v) is 12.8. The van der Waals surface area contributed by atoms with Crippen molar-refractivity contribution in [2.24, 2.45) is 0 Å². The van der Waals surface area contributed by atoms with Gasteiger partial charge in [-0.15, -0.1) is 0 Å². The lowest BCUT2D eigenvalue weighted by Crippen LogP contribution is -2.40. The summed E-state index contributed by atoms with van der Waals surface area (Å²) < 4.78 is 0. The Morgan fingerprint density at radius 2 is 1.71 bits per heavy atom. The van der Waals surface area contributed by atoms with E-state index >= 15 is 0 Å². The van der Waals surface area contributed by atoms with Crippen molar-refractivity contribution < 1.29 is 19.5 Å². The minimum absolute atomic E-state index is 0.232. The van der Waals surface area contributed by atoms with Crippen molar-refractivity contribution >= 4 is 17.8 Å². The van der Waals surface area contributed by atoms with Gasteiger partial charge >= 0.3 is 5.97 Å². The quantitative estimate of drug-likeness (QED) is 0.874. The van der Waals surface area contributed by atoms with Gasteiger partial charge in [0.1, 0.15) is 12.6 Å². The molecule has 0 bridgehead atoms. The molecule has 1 atom stereocenters. The molecular formula is C18H16N2O4. The zero-order valence-electron chi connectivity index (χ0n) is 12.8. The van der Waals surface area contributed by atoms with Crippen molar-refractivity contribution in [3.05, 3.63) is 71.3 Å². The number of nitrogens with one attached hydrogen (secondary N) is 1. The number of rotatable bonds is 5. The molecule has 0 spiro atoms. The molecule has 0 aromatic heterocycles. The molecule has 2 aromatic carbocycles.